The van der Waals surface area contributed by atoms with Gasteiger partial charge in [-0.05, 0) is 44.4 Å². The van der Waals surface area contributed by atoms with Crippen LogP contribution in [-0.2, 0) is 6.54 Å². The van der Waals surface area contributed by atoms with E-state index in [-0.39, 0.29) is 17.6 Å². The highest BCUT2D eigenvalue weighted by atomic mass is 16.5. The maximum absolute atomic E-state index is 13.4. The van der Waals surface area contributed by atoms with Crippen LogP contribution in [0.3, 0.4) is 0 Å². The highest BCUT2D eigenvalue weighted by Crippen LogP contribution is 2.36. The van der Waals surface area contributed by atoms with Crippen LogP contribution in [0.15, 0.2) is 40.0 Å². The molecular formula is C20H23N5O2. The Morgan fingerprint density at radius 1 is 1.11 bits per heavy atom. The first-order valence-electron chi connectivity index (χ1n) is 9.82. The van der Waals surface area contributed by atoms with Crippen LogP contribution in [0.2, 0.25) is 0 Å². The number of aromatic nitrogens is 4. The molecule has 1 aliphatic carbocycles. The Labute approximate surface area is 157 Å². The molecule has 1 aromatic carbocycles. The Kier molecular flexibility index (Phi) is 4.24. The van der Waals surface area contributed by atoms with Crippen molar-refractivity contribution in [3.8, 4) is 0 Å². The molecule has 3 heterocycles. The first-order chi connectivity index (χ1) is 13.3. The summed E-state index contributed by atoms with van der Waals surface area (Å²) in [5, 5.41) is 4.68. The number of para-hydroxylation sites is 1. The molecule has 2 aromatic heterocycles. The first-order valence-corrected chi connectivity index (χ1v) is 9.82. The van der Waals surface area contributed by atoms with Crippen molar-refractivity contribution in [2.24, 2.45) is 0 Å². The Balaban J connectivity index is 1.62. The largest absolute Gasteiger partial charge is 0.343 e. The molecule has 0 spiro atoms. The number of nitrogens with zero attached hydrogens (tertiary/aromatic N) is 5. The quantitative estimate of drug-likeness (QED) is 0.706. The van der Waals surface area contributed by atoms with Crippen LogP contribution in [-0.4, -0.2) is 31.1 Å². The van der Waals surface area contributed by atoms with Gasteiger partial charge < -0.3 is 4.52 Å². The molecule has 5 rings (SSSR count). The summed E-state index contributed by atoms with van der Waals surface area (Å²) in [5.74, 6) is 1.59. The fourth-order valence-electron chi connectivity index (χ4n) is 4.66. The average molecular weight is 365 g/mol. The van der Waals surface area contributed by atoms with E-state index in [0.717, 1.165) is 49.0 Å². The van der Waals surface area contributed by atoms with Gasteiger partial charge >= 0.3 is 0 Å². The van der Waals surface area contributed by atoms with E-state index in [2.05, 4.69) is 15.0 Å². The predicted molar refractivity (Wildman–Crippen MR) is 100 cm³/mol. The molecule has 1 saturated heterocycles. The standard InChI is InChI=1S/C20H23N5O2/c26-20-15-8-3-4-9-16(15)22-19(25(20)14-6-1-2-7-14)17-10-5-11-24(17)12-18-21-13-27-23-18/h3-4,8-9,13-14,17H,1-2,5-7,10-12H2. The van der Waals surface area contributed by atoms with E-state index >= 15 is 0 Å². The second-order valence-corrected chi connectivity index (χ2v) is 7.58. The highest BCUT2D eigenvalue weighted by molar-refractivity contribution is 5.77. The van der Waals surface area contributed by atoms with Crippen molar-refractivity contribution < 1.29 is 4.52 Å². The van der Waals surface area contributed by atoms with E-state index in [1.165, 1.54) is 19.2 Å². The number of hydrogen-bond acceptors (Lipinski definition) is 6. The minimum Gasteiger partial charge on any atom is -0.343 e. The van der Waals surface area contributed by atoms with Crippen molar-refractivity contribution >= 4 is 10.9 Å². The van der Waals surface area contributed by atoms with Crippen LogP contribution < -0.4 is 5.56 Å². The monoisotopic (exact) mass is 365 g/mol. The number of fused-ring (bicyclic) bond motifs is 1. The third kappa shape index (κ3) is 2.96. The molecule has 0 amide bonds. The number of rotatable bonds is 4. The van der Waals surface area contributed by atoms with Crippen LogP contribution in [0.5, 0.6) is 0 Å². The Hall–Kier alpha value is -2.54. The zero-order valence-electron chi connectivity index (χ0n) is 15.3. The third-order valence-electron chi connectivity index (χ3n) is 5.94. The van der Waals surface area contributed by atoms with Gasteiger partial charge in [0.25, 0.3) is 5.56 Å². The molecule has 1 aliphatic heterocycles. The highest BCUT2D eigenvalue weighted by Gasteiger charge is 2.33. The molecular weight excluding hydrogens is 342 g/mol. The molecule has 2 aliphatic rings. The number of likely N-dealkylation sites (tertiary alicyclic amines) is 1. The van der Waals surface area contributed by atoms with Crippen LogP contribution in [0.1, 0.15) is 62.3 Å². The van der Waals surface area contributed by atoms with Gasteiger partial charge in [-0.2, -0.15) is 4.98 Å². The maximum atomic E-state index is 13.4. The van der Waals surface area contributed by atoms with E-state index in [0.29, 0.717) is 12.4 Å². The van der Waals surface area contributed by atoms with Gasteiger partial charge in [-0.15, -0.1) is 0 Å². The van der Waals surface area contributed by atoms with E-state index in [1.807, 2.05) is 28.8 Å². The van der Waals surface area contributed by atoms with Crippen molar-refractivity contribution in [3.63, 3.8) is 0 Å². The summed E-state index contributed by atoms with van der Waals surface area (Å²) < 4.78 is 6.90. The summed E-state index contributed by atoms with van der Waals surface area (Å²) in [5.41, 5.74) is 0.895. The van der Waals surface area contributed by atoms with Crippen molar-refractivity contribution in [3.05, 3.63) is 52.7 Å². The van der Waals surface area contributed by atoms with Gasteiger partial charge in [-0.25, -0.2) is 4.98 Å². The number of benzene rings is 1. The summed E-state index contributed by atoms with van der Waals surface area (Å²) in [6.45, 7) is 1.57. The Bertz CT molecular complexity index is 991. The minimum atomic E-state index is 0.105. The molecule has 7 nitrogen and oxygen atoms in total. The Morgan fingerprint density at radius 3 is 2.78 bits per heavy atom. The van der Waals surface area contributed by atoms with Crippen molar-refractivity contribution in [2.45, 2.75) is 57.2 Å². The maximum Gasteiger partial charge on any atom is 0.261 e. The van der Waals surface area contributed by atoms with Crippen LogP contribution in [0.4, 0.5) is 0 Å². The lowest BCUT2D eigenvalue weighted by Crippen LogP contribution is -2.34. The Morgan fingerprint density at radius 2 is 1.96 bits per heavy atom. The van der Waals surface area contributed by atoms with Gasteiger partial charge in [-0.1, -0.05) is 30.1 Å². The fraction of sp³-hybridized carbons (Fsp3) is 0.500. The van der Waals surface area contributed by atoms with E-state index < -0.39 is 0 Å². The van der Waals surface area contributed by atoms with E-state index in [9.17, 15) is 4.79 Å². The lowest BCUT2D eigenvalue weighted by Gasteiger charge is -2.27. The second kappa shape index (κ2) is 6.88. The summed E-state index contributed by atoms with van der Waals surface area (Å²) in [6.07, 6.45) is 7.92. The van der Waals surface area contributed by atoms with E-state index in [4.69, 9.17) is 9.51 Å². The predicted octanol–water partition coefficient (Wildman–Crippen LogP) is 3.23. The number of hydrogen-bond donors (Lipinski definition) is 0. The summed E-state index contributed by atoms with van der Waals surface area (Å²) >= 11 is 0. The average Bonchev–Trinajstić information content (AvgIpc) is 3.45. The molecule has 7 heteroatoms. The SMILES string of the molecule is O=c1c2ccccc2nc(C2CCCN2Cc2ncon2)n1C1CCCC1. The molecule has 0 radical (unpaired) electrons. The molecule has 1 saturated carbocycles. The van der Waals surface area contributed by atoms with Gasteiger partial charge in [0.1, 0.15) is 5.82 Å². The van der Waals surface area contributed by atoms with Gasteiger partial charge in [-0.3, -0.25) is 14.3 Å². The molecule has 3 aromatic rings. The summed E-state index contributed by atoms with van der Waals surface area (Å²) in [7, 11) is 0. The molecule has 0 N–H and O–H groups in total. The zero-order chi connectivity index (χ0) is 18.2. The minimum absolute atomic E-state index is 0.105. The van der Waals surface area contributed by atoms with Crippen LogP contribution >= 0.6 is 0 Å². The molecule has 1 atom stereocenters. The lowest BCUT2D eigenvalue weighted by molar-refractivity contribution is 0.220. The van der Waals surface area contributed by atoms with Crippen LogP contribution in [0.25, 0.3) is 10.9 Å². The third-order valence-corrected chi connectivity index (χ3v) is 5.94. The van der Waals surface area contributed by atoms with E-state index in [1.54, 1.807) is 0 Å². The van der Waals surface area contributed by atoms with Gasteiger partial charge in [0.05, 0.1) is 23.5 Å². The van der Waals surface area contributed by atoms with Gasteiger partial charge in [0.15, 0.2) is 5.82 Å². The van der Waals surface area contributed by atoms with Crippen molar-refractivity contribution in [1.29, 1.82) is 0 Å². The lowest BCUT2D eigenvalue weighted by atomic mass is 10.1. The smallest absolute Gasteiger partial charge is 0.261 e. The molecule has 2 fully saturated rings. The second-order valence-electron chi connectivity index (χ2n) is 7.58. The topological polar surface area (TPSA) is 77.1 Å². The van der Waals surface area contributed by atoms with Gasteiger partial charge in [0, 0.05) is 6.04 Å². The van der Waals surface area contributed by atoms with Gasteiger partial charge in [0.2, 0.25) is 6.39 Å². The first kappa shape index (κ1) is 16.6. The molecule has 0 bridgehead atoms. The molecule has 27 heavy (non-hydrogen) atoms. The molecule has 1 unspecified atom stereocenters. The normalized spacial score (nSPS) is 21.4. The van der Waals surface area contributed by atoms with Crippen molar-refractivity contribution in [1.82, 2.24) is 24.6 Å². The fourth-order valence-corrected chi connectivity index (χ4v) is 4.66. The zero-order valence-corrected chi connectivity index (χ0v) is 15.3. The summed E-state index contributed by atoms with van der Waals surface area (Å²) in [6, 6.07) is 8.08. The summed E-state index contributed by atoms with van der Waals surface area (Å²) in [4.78, 5) is 24.9. The van der Waals surface area contributed by atoms with Crippen molar-refractivity contribution in [2.75, 3.05) is 6.54 Å². The van der Waals surface area contributed by atoms with Crippen LogP contribution in [0, 0.1) is 0 Å². The molecule has 140 valence electrons.